The molecular formula is C13H20N2O3S2. The first-order valence-corrected chi connectivity index (χ1v) is 9.41. The number of nitrogens with one attached hydrogen (secondary N) is 2. The summed E-state index contributed by atoms with van der Waals surface area (Å²) in [5, 5.41) is 5.21. The second kappa shape index (κ2) is 6.11. The topological polar surface area (TPSA) is 67.4 Å². The second-order valence-corrected chi connectivity index (χ2v) is 8.08. The van der Waals surface area contributed by atoms with Crippen LogP contribution in [0.15, 0.2) is 16.3 Å². The quantitative estimate of drug-likeness (QED) is 0.834. The minimum absolute atomic E-state index is 0.0992. The van der Waals surface area contributed by atoms with Gasteiger partial charge in [0.05, 0.1) is 11.5 Å². The number of rotatable bonds is 6. The number of hydrogen-bond acceptors (Lipinski definition) is 5. The molecule has 1 saturated heterocycles. The summed E-state index contributed by atoms with van der Waals surface area (Å²) >= 11 is 1.50. The first-order chi connectivity index (χ1) is 9.65. The van der Waals surface area contributed by atoms with Gasteiger partial charge in [-0.1, -0.05) is 0 Å². The molecule has 1 aliphatic heterocycles. The Morgan fingerprint density at radius 3 is 2.85 bits per heavy atom. The summed E-state index contributed by atoms with van der Waals surface area (Å²) in [6.45, 7) is 1.84. The molecule has 1 atom stereocenters. The molecule has 20 heavy (non-hydrogen) atoms. The fraction of sp³-hybridized carbons (Fsp3) is 0.692. The van der Waals surface area contributed by atoms with Crippen molar-refractivity contribution < 1.29 is 13.2 Å². The predicted molar refractivity (Wildman–Crippen MR) is 78.3 cm³/mol. The highest BCUT2D eigenvalue weighted by Crippen LogP contribution is 2.25. The van der Waals surface area contributed by atoms with Crippen LogP contribution in [0, 0.1) is 0 Å². The van der Waals surface area contributed by atoms with E-state index in [0.717, 1.165) is 24.3 Å². The van der Waals surface area contributed by atoms with Crippen LogP contribution in [0.2, 0.25) is 0 Å². The van der Waals surface area contributed by atoms with Crippen molar-refractivity contribution in [1.29, 1.82) is 0 Å². The maximum absolute atomic E-state index is 12.5. The lowest BCUT2D eigenvalue weighted by Gasteiger charge is -2.23. The lowest BCUT2D eigenvalue weighted by Crippen LogP contribution is -2.40. The highest BCUT2D eigenvalue weighted by atomic mass is 32.2. The zero-order valence-electron chi connectivity index (χ0n) is 11.3. The standard InChI is InChI=1S/C13H20N2O3S2/c16-20(17,15-11-2-1-6-18-9-11)13-5-7-19-12(13)8-14-10-3-4-10/h5,7,10-11,14-15H,1-4,6,8-9H2. The Kier molecular flexibility index (Phi) is 4.42. The molecule has 0 spiro atoms. The fourth-order valence-corrected chi connectivity index (χ4v) is 4.99. The molecule has 1 saturated carbocycles. The third kappa shape index (κ3) is 3.59. The molecule has 5 nitrogen and oxygen atoms in total. The maximum Gasteiger partial charge on any atom is 0.242 e. The molecule has 0 bridgehead atoms. The van der Waals surface area contributed by atoms with E-state index in [1.807, 2.05) is 5.38 Å². The first-order valence-electron chi connectivity index (χ1n) is 7.05. The van der Waals surface area contributed by atoms with Gasteiger partial charge in [0.1, 0.15) is 0 Å². The van der Waals surface area contributed by atoms with Crippen molar-refractivity contribution in [2.75, 3.05) is 13.2 Å². The van der Waals surface area contributed by atoms with E-state index in [9.17, 15) is 8.42 Å². The van der Waals surface area contributed by atoms with Crippen molar-refractivity contribution in [1.82, 2.24) is 10.0 Å². The van der Waals surface area contributed by atoms with Crippen molar-refractivity contribution in [2.45, 2.75) is 49.2 Å². The molecule has 1 aromatic heterocycles. The van der Waals surface area contributed by atoms with E-state index in [0.29, 0.717) is 24.1 Å². The average molecular weight is 316 g/mol. The van der Waals surface area contributed by atoms with E-state index < -0.39 is 10.0 Å². The van der Waals surface area contributed by atoms with Crippen LogP contribution in [0.1, 0.15) is 30.6 Å². The van der Waals surface area contributed by atoms with Gasteiger partial charge in [-0.3, -0.25) is 0 Å². The van der Waals surface area contributed by atoms with E-state index >= 15 is 0 Å². The molecule has 2 fully saturated rings. The summed E-state index contributed by atoms with van der Waals surface area (Å²) in [5.41, 5.74) is 0. The van der Waals surface area contributed by atoms with Gasteiger partial charge in [-0.2, -0.15) is 0 Å². The van der Waals surface area contributed by atoms with Crippen molar-refractivity contribution >= 4 is 21.4 Å². The Morgan fingerprint density at radius 1 is 1.30 bits per heavy atom. The largest absolute Gasteiger partial charge is 0.380 e. The van der Waals surface area contributed by atoms with Gasteiger partial charge in [-0.25, -0.2) is 13.1 Å². The van der Waals surface area contributed by atoms with Crippen LogP contribution in [0.25, 0.3) is 0 Å². The third-order valence-corrected chi connectivity index (χ3v) is 6.26. The maximum atomic E-state index is 12.5. The van der Waals surface area contributed by atoms with Crippen LogP contribution in [0.4, 0.5) is 0 Å². The van der Waals surface area contributed by atoms with Crippen LogP contribution in [0.5, 0.6) is 0 Å². The summed E-state index contributed by atoms with van der Waals surface area (Å²) in [6.07, 6.45) is 4.15. The minimum atomic E-state index is -3.43. The predicted octanol–water partition coefficient (Wildman–Crippen LogP) is 1.46. The summed E-state index contributed by atoms with van der Waals surface area (Å²) in [6, 6.07) is 2.17. The van der Waals surface area contributed by atoms with E-state index in [2.05, 4.69) is 10.0 Å². The van der Waals surface area contributed by atoms with Gasteiger partial charge in [0.15, 0.2) is 0 Å². The molecule has 7 heteroatoms. The highest BCUT2D eigenvalue weighted by molar-refractivity contribution is 7.89. The van der Waals surface area contributed by atoms with Crippen molar-refractivity contribution in [3.63, 3.8) is 0 Å². The molecule has 1 aliphatic carbocycles. The molecular weight excluding hydrogens is 296 g/mol. The van der Waals surface area contributed by atoms with Crippen LogP contribution in [-0.2, 0) is 21.3 Å². The fourth-order valence-electron chi connectivity index (χ4n) is 2.34. The third-order valence-electron chi connectivity index (χ3n) is 3.60. The molecule has 112 valence electrons. The van der Waals surface area contributed by atoms with Gasteiger partial charge in [-0.05, 0) is 37.1 Å². The van der Waals surface area contributed by atoms with E-state index in [1.165, 1.54) is 24.2 Å². The monoisotopic (exact) mass is 316 g/mol. The number of thiophene rings is 1. The lowest BCUT2D eigenvalue weighted by atomic mass is 10.1. The molecule has 1 aromatic rings. The second-order valence-electron chi connectivity index (χ2n) is 5.40. The zero-order chi connectivity index (χ0) is 14.0. The molecule has 0 aromatic carbocycles. The molecule has 0 amide bonds. The molecule has 2 N–H and O–H groups in total. The van der Waals surface area contributed by atoms with Crippen LogP contribution in [-0.4, -0.2) is 33.7 Å². The Balaban J connectivity index is 1.67. The molecule has 3 rings (SSSR count). The minimum Gasteiger partial charge on any atom is -0.380 e. The Hall–Kier alpha value is -0.470. The molecule has 2 aliphatic rings. The van der Waals surface area contributed by atoms with Crippen molar-refractivity contribution in [2.24, 2.45) is 0 Å². The van der Waals surface area contributed by atoms with Crippen LogP contribution in [0.3, 0.4) is 0 Å². The molecule has 2 heterocycles. The van der Waals surface area contributed by atoms with Gasteiger partial charge in [0, 0.05) is 30.1 Å². The highest BCUT2D eigenvalue weighted by Gasteiger charge is 2.26. The van der Waals surface area contributed by atoms with Gasteiger partial charge in [0.25, 0.3) is 0 Å². The lowest BCUT2D eigenvalue weighted by molar-refractivity contribution is 0.0774. The van der Waals surface area contributed by atoms with Crippen LogP contribution < -0.4 is 10.0 Å². The zero-order valence-corrected chi connectivity index (χ0v) is 12.9. The number of hydrogen-bond donors (Lipinski definition) is 2. The Bertz CT molecular complexity index is 546. The summed E-state index contributed by atoms with van der Waals surface area (Å²) in [7, 11) is -3.43. The summed E-state index contributed by atoms with van der Waals surface area (Å²) in [4.78, 5) is 1.31. The van der Waals surface area contributed by atoms with Gasteiger partial charge in [0.2, 0.25) is 10.0 Å². The smallest absolute Gasteiger partial charge is 0.242 e. The number of ether oxygens (including phenoxy) is 1. The SMILES string of the molecule is O=S(=O)(NC1CCCOC1)c1ccsc1CNC1CC1. The van der Waals surface area contributed by atoms with Crippen molar-refractivity contribution in [3.05, 3.63) is 16.3 Å². The van der Waals surface area contributed by atoms with Gasteiger partial charge >= 0.3 is 0 Å². The normalized spacial score (nSPS) is 23.9. The Morgan fingerprint density at radius 2 is 2.15 bits per heavy atom. The molecule has 0 radical (unpaired) electrons. The Labute approximate surface area is 123 Å². The van der Waals surface area contributed by atoms with E-state index in [4.69, 9.17) is 4.74 Å². The van der Waals surface area contributed by atoms with Crippen molar-refractivity contribution in [3.8, 4) is 0 Å². The summed E-state index contributed by atoms with van der Waals surface area (Å²) in [5.74, 6) is 0. The average Bonchev–Trinajstić information content (AvgIpc) is 3.13. The van der Waals surface area contributed by atoms with Gasteiger partial charge < -0.3 is 10.1 Å². The van der Waals surface area contributed by atoms with Crippen LogP contribution >= 0.6 is 11.3 Å². The van der Waals surface area contributed by atoms with E-state index in [-0.39, 0.29) is 6.04 Å². The molecule has 1 unspecified atom stereocenters. The number of sulfonamides is 1. The van der Waals surface area contributed by atoms with Gasteiger partial charge in [-0.15, -0.1) is 11.3 Å². The summed E-state index contributed by atoms with van der Waals surface area (Å²) < 4.78 is 33.0. The first kappa shape index (κ1) is 14.5. The van der Waals surface area contributed by atoms with E-state index in [1.54, 1.807) is 6.07 Å².